The Morgan fingerprint density at radius 1 is 1.20 bits per heavy atom. The second kappa shape index (κ2) is 4.87. The lowest BCUT2D eigenvalue weighted by Crippen LogP contribution is -2.24. The van der Waals surface area contributed by atoms with Crippen LogP contribution >= 0.6 is 11.8 Å². The summed E-state index contributed by atoms with van der Waals surface area (Å²) >= 11 is 1.52. The van der Waals surface area contributed by atoms with Gasteiger partial charge in [-0.1, -0.05) is 42.1 Å². The van der Waals surface area contributed by atoms with E-state index in [0.717, 1.165) is 11.4 Å². The first-order chi connectivity index (χ1) is 9.58. The van der Waals surface area contributed by atoms with Gasteiger partial charge in [0.2, 0.25) is 0 Å². The maximum absolute atomic E-state index is 11.5. The van der Waals surface area contributed by atoms with Crippen LogP contribution in [-0.2, 0) is 4.79 Å². The van der Waals surface area contributed by atoms with Gasteiger partial charge in [0.05, 0.1) is 10.3 Å². The quantitative estimate of drug-likeness (QED) is 0.918. The molecule has 0 radical (unpaired) electrons. The summed E-state index contributed by atoms with van der Waals surface area (Å²) in [5, 5.41) is 2.59. The molecule has 1 aliphatic rings. The van der Waals surface area contributed by atoms with Crippen molar-refractivity contribution >= 4 is 34.1 Å². The Hall–Kier alpha value is -1.94. The zero-order valence-corrected chi connectivity index (χ0v) is 12.3. The number of hydrogen-bond donors (Lipinski definition) is 1. The van der Waals surface area contributed by atoms with E-state index >= 15 is 0 Å². The predicted octanol–water partition coefficient (Wildman–Crippen LogP) is 3.46. The summed E-state index contributed by atoms with van der Waals surface area (Å²) in [5.41, 5.74) is 7.47. The second-order valence-electron chi connectivity index (χ2n) is 4.90. The Balaban J connectivity index is 2.08. The van der Waals surface area contributed by atoms with Crippen LogP contribution in [0.5, 0.6) is 0 Å². The highest BCUT2D eigenvalue weighted by molar-refractivity contribution is 8.05. The van der Waals surface area contributed by atoms with Gasteiger partial charge in [0.25, 0.3) is 5.91 Å². The third kappa shape index (κ3) is 2.06. The minimum atomic E-state index is -0.345. The van der Waals surface area contributed by atoms with E-state index in [4.69, 9.17) is 5.73 Å². The molecule has 0 fully saturated rings. The monoisotopic (exact) mass is 284 g/mol. The van der Waals surface area contributed by atoms with Crippen molar-refractivity contribution in [2.45, 2.75) is 19.2 Å². The molecule has 20 heavy (non-hydrogen) atoms. The molecule has 3 nitrogen and oxygen atoms in total. The fourth-order valence-corrected chi connectivity index (χ4v) is 3.77. The van der Waals surface area contributed by atoms with E-state index in [1.807, 2.05) is 19.1 Å². The van der Waals surface area contributed by atoms with Gasteiger partial charge in [0.15, 0.2) is 0 Å². The molecule has 0 saturated heterocycles. The number of allylic oxidation sites excluding steroid dienone is 1. The number of hydrogen-bond acceptors (Lipinski definition) is 3. The molecule has 2 aromatic rings. The van der Waals surface area contributed by atoms with E-state index in [1.165, 1.54) is 22.5 Å². The van der Waals surface area contributed by atoms with Crippen LogP contribution in [0, 0.1) is 0 Å². The molecule has 1 aliphatic heterocycles. The number of fused-ring (bicyclic) bond motifs is 1. The predicted molar refractivity (Wildman–Crippen MR) is 85.4 cm³/mol. The zero-order chi connectivity index (χ0) is 14.3. The minimum absolute atomic E-state index is 0.179. The molecule has 1 atom stereocenters. The maximum atomic E-state index is 11.5. The molecule has 4 heteroatoms. The molecule has 1 amide bonds. The van der Waals surface area contributed by atoms with Crippen LogP contribution in [0.25, 0.3) is 10.8 Å². The molecule has 102 valence electrons. The number of carbonyl (C=O) groups excluding carboxylic acids is 1. The second-order valence-corrected chi connectivity index (χ2v) is 6.22. The van der Waals surface area contributed by atoms with Gasteiger partial charge in [-0.25, -0.2) is 0 Å². The first kappa shape index (κ1) is 13.1. The molecule has 0 bridgehead atoms. The van der Waals surface area contributed by atoms with Crippen molar-refractivity contribution in [2.75, 3.05) is 4.90 Å². The van der Waals surface area contributed by atoms with Gasteiger partial charge in [-0.3, -0.25) is 4.79 Å². The van der Waals surface area contributed by atoms with E-state index in [9.17, 15) is 4.79 Å². The molecule has 0 saturated carbocycles. The highest BCUT2D eigenvalue weighted by atomic mass is 32.2. The van der Waals surface area contributed by atoms with Crippen LogP contribution in [0.3, 0.4) is 0 Å². The summed E-state index contributed by atoms with van der Waals surface area (Å²) in [4.78, 5) is 14.3. The Labute approximate surface area is 122 Å². The highest BCUT2D eigenvalue weighted by Gasteiger charge is 2.30. The van der Waals surface area contributed by atoms with Gasteiger partial charge in [-0.2, -0.15) is 0 Å². The van der Waals surface area contributed by atoms with Crippen molar-refractivity contribution in [2.24, 2.45) is 5.73 Å². The topological polar surface area (TPSA) is 46.3 Å². The maximum Gasteiger partial charge on any atom is 0.256 e. The largest absolute Gasteiger partial charge is 0.365 e. The lowest BCUT2D eigenvalue weighted by molar-refractivity contribution is -0.113. The lowest BCUT2D eigenvalue weighted by atomic mass is 10.1. The molecular weight excluding hydrogens is 268 g/mol. The smallest absolute Gasteiger partial charge is 0.256 e. The van der Waals surface area contributed by atoms with Crippen LogP contribution in [0.4, 0.5) is 5.69 Å². The number of rotatable bonds is 2. The van der Waals surface area contributed by atoms with E-state index in [0.29, 0.717) is 4.91 Å². The van der Waals surface area contributed by atoms with Crippen LogP contribution < -0.4 is 10.6 Å². The fourth-order valence-electron chi connectivity index (χ4n) is 2.66. The number of nitrogens with zero attached hydrogens (tertiary/aromatic N) is 1. The van der Waals surface area contributed by atoms with E-state index in [2.05, 4.69) is 42.2 Å². The summed E-state index contributed by atoms with van der Waals surface area (Å²) < 4.78 is 0. The molecule has 0 aliphatic carbocycles. The molecular formula is C16H16N2OS. The molecule has 0 spiro atoms. The van der Waals surface area contributed by atoms with Crippen LogP contribution in [0.2, 0.25) is 0 Å². The molecule has 1 heterocycles. The highest BCUT2D eigenvalue weighted by Crippen LogP contribution is 2.41. The van der Waals surface area contributed by atoms with Crippen molar-refractivity contribution in [3.8, 4) is 0 Å². The van der Waals surface area contributed by atoms with Gasteiger partial charge in [-0.15, -0.1) is 0 Å². The van der Waals surface area contributed by atoms with Gasteiger partial charge in [0, 0.05) is 11.4 Å². The number of benzene rings is 2. The summed E-state index contributed by atoms with van der Waals surface area (Å²) in [6.45, 7) is 4.03. The van der Waals surface area contributed by atoms with E-state index < -0.39 is 0 Å². The van der Waals surface area contributed by atoms with Gasteiger partial charge in [-0.05, 0) is 36.8 Å². The van der Waals surface area contributed by atoms with Crippen LogP contribution in [-0.4, -0.2) is 11.3 Å². The van der Waals surface area contributed by atoms with Gasteiger partial charge >= 0.3 is 0 Å². The number of anilines is 1. The summed E-state index contributed by atoms with van der Waals surface area (Å²) in [6, 6.07) is 14.6. The van der Waals surface area contributed by atoms with Crippen molar-refractivity contribution < 1.29 is 4.79 Å². The average molecular weight is 284 g/mol. The summed E-state index contributed by atoms with van der Waals surface area (Å²) in [7, 11) is 0. The fraction of sp³-hybridized carbons (Fsp3) is 0.188. The summed E-state index contributed by atoms with van der Waals surface area (Å²) in [6.07, 6.45) is 0. The standard InChI is InChI=1S/C16H16N2OS/c1-10-15(16(17)19)20-11(2)18(10)14-8-7-12-5-3-4-6-13(12)9-14/h3-9,11H,1-2H3,(H2,17,19). The normalized spacial score (nSPS) is 18.9. The van der Waals surface area contributed by atoms with Crippen molar-refractivity contribution in [3.63, 3.8) is 0 Å². The molecule has 1 unspecified atom stereocenters. The number of nitrogens with two attached hydrogens (primary N) is 1. The minimum Gasteiger partial charge on any atom is -0.365 e. The Kier molecular flexibility index (Phi) is 3.18. The number of primary amides is 1. The van der Waals surface area contributed by atoms with E-state index in [-0.39, 0.29) is 11.3 Å². The molecule has 2 aromatic carbocycles. The third-order valence-electron chi connectivity index (χ3n) is 3.58. The van der Waals surface area contributed by atoms with Crippen LogP contribution in [0.1, 0.15) is 13.8 Å². The zero-order valence-electron chi connectivity index (χ0n) is 11.5. The number of carbonyl (C=O) groups is 1. The van der Waals surface area contributed by atoms with Crippen molar-refractivity contribution in [1.82, 2.24) is 0 Å². The third-order valence-corrected chi connectivity index (χ3v) is 4.86. The SMILES string of the molecule is CC1=C(C(N)=O)SC(C)N1c1ccc2ccccc2c1. The number of thioether (sulfide) groups is 1. The molecule has 2 N–H and O–H groups in total. The Morgan fingerprint density at radius 3 is 2.55 bits per heavy atom. The molecule has 0 aromatic heterocycles. The summed E-state index contributed by atoms with van der Waals surface area (Å²) in [5.74, 6) is -0.345. The van der Waals surface area contributed by atoms with Crippen molar-refractivity contribution in [3.05, 3.63) is 53.1 Å². The Bertz CT molecular complexity index is 723. The average Bonchev–Trinajstić information content (AvgIpc) is 2.74. The van der Waals surface area contributed by atoms with Gasteiger partial charge < -0.3 is 10.6 Å². The van der Waals surface area contributed by atoms with Crippen molar-refractivity contribution in [1.29, 1.82) is 0 Å². The number of amides is 1. The van der Waals surface area contributed by atoms with Crippen LogP contribution in [0.15, 0.2) is 53.1 Å². The first-order valence-corrected chi connectivity index (χ1v) is 7.41. The van der Waals surface area contributed by atoms with E-state index in [1.54, 1.807) is 0 Å². The van der Waals surface area contributed by atoms with Gasteiger partial charge in [0.1, 0.15) is 0 Å². The molecule has 3 rings (SSSR count). The first-order valence-electron chi connectivity index (χ1n) is 6.53. The lowest BCUT2D eigenvalue weighted by Gasteiger charge is -2.25. The Morgan fingerprint density at radius 2 is 1.90 bits per heavy atom.